The topological polar surface area (TPSA) is 15.3 Å². The molecule has 0 amide bonds. The quantitative estimate of drug-likeness (QED) is 0.901. The fourth-order valence-electron chi connectivity index (χ4n) is 2.86. The average Bonchev–Trinajstić information content (AvgIpc) is 2.66. The largest absolute Gasteiger partial charge is 0.308 e. The minimum atomic E-state index is 0.170. The molecule has 20 heavy (non-hydrogen) atoms. The van der Waals surface area contributed by atoms with Crippen molar-refractivity contribution in [2.45, 2.75) is 53.2 Å². The van der Waals surface area contributed by atoms with Crippen LogP contribution in [0.2, 0.25) is 0 Å². The number of hydrogen-bond donors (Lipinski definition) is 1. The summed E-state index contributed by atoms with van der Waals surface area (Å²) >= 11 is 0. The van der Waals surface area contributed by atoms with Gasteiger partial charge in [-0.05, 0) is 43.7 Å². The summed E-state index contributed by atoms with van der Waals surface area (Å²) in [6.07, 6.45) is 0. The number of rotatable bonds is 4. The van der Waals surface area contributed by atoms with Crippen LogP contribution < -0.4 is 5.32 Å². The number of nitrogens with one attached hydrogen (secondary N) is 1. The molecule has 0 spiro atoms. The molecule has 0 bridgehead atoms. The molecule has 1 aliphatic rings. The summed E-state index contributed by atoms with van der Waals surface area (Å²) < 4.78 is 0. The van der Waals surface area contributed by atoms with Crippen LogP contribution in [0.5, 0.6) is 0 Å². The van der Waals surface area contributed by atoms with Gasteiger partial charge < -0.3 is 5.32 Å². The van der Waals surface area contributed by atoms with Crippen LogP contribution in [0, 0.1) is 11.8 Å². The van der Waals surface area contributed by atoms with Crippen LogP contribution in [-0.2, 0) is 13.1 Å². The van der Waals surface area contributed by atoms with Gasteiger partial charge in [0.15, 0.2) is 0 Å². The lowest BCUT2D eigenvalue weighted by Crippen LogP contribution is -2.35. The molecule has 1 heterocycles. The smallest absolute Gasteiger partial charge is 0.0237 e. The Labute approximate surface area is 124 Å². The molecule has 2 heteroatoms. The summed E-state index contributed by atoms with van der Waals surface area (Å²) in [7, 11) is 0. The SMILES string of the molecule is CC1CN(Cc2ccccc2CNC(C)(C)C)CC1C. The van der Waals surface area contributed by atoms with Crippen LogP contribution in [0.1, 0.15) is 45.7 Å². The summed E-state index contributed by atoms with van der Waals surface area (Å²) in [4.78, 5) is 2.60. The molecule has 0 aromatic heterocycles. The van der Waals surface area contributed by atoms with Gasteiger partial charge in [-0.25, -0.2) is 0 Å². The van der Waals surface area contributed by atoms with Gasteiger partial charge in [0, 0.05) is 31.7 Å². The first kappa shape index (κ1) is 15.5. The zero-order chi connectivity index (χ0) is 14.8. The maximum atomic E-state index is 3.60. The normalized spacial score (nSPS) is 24.2. The fourth-order valence-corrected chi connectivity index (χ4v) is 2.86. The Bertz CT molecular complexity index is 423. The van der Waals surface area contributed by atoms with Crippen LogP contribution in [0.15, 0.2) is 24.3 Å². The molecule has 1 aliphatic heterocycles. The molecule has 1 N–H and O–H groups in total. The predicted octanol–water partition coefficient (Wildman–Crippen LogP) is 3.66. The van der Waals surface area contributed by atoms with Crippen LogP contribution >= 0.6 is 0 Å². The van der Waals surface area contributed by atoms with Gasteiger partial charge in [-0.15, -0.1) is 0 Å². The summed E-state index contributed by atoms with van der Waals surface area (Å²) in [5.41, 5.74) is 3.09. The van der Waals surface area contributed by atoms with Crippen molar-refractivity contribution in [3.05, 3.63) is 35.4 Å². The third-order valence-corrected chi connectivity index (χ3v) is 4.39. The van der Waals surface area contributed by atoms with E-state index in [2.05, 4.69) is 69.1 Å². The van der Waals surface area contributed by atoms with Crippen molar-refractivity contribution in [3.8, 4) is 0 Å². The maximum Gasteiger partial charge on any atom is 0.0237 e. The molecule has 112 valence electrons. The summed E-state index contributed by atoms with van der Waals surface area (Å²) in [6.45, 7) is 15.9. The Morgan fingerprint density at radius 3 is 2.15 bits per heavy atom. The van der Waals surface area contributed by atoms with Crippen LogP contribution in [0.3, 0.4) is 0 Å². The lowest BCUT2D eigenvalue weighted by Gasteiger charge is -2.23. The highest BCUT2D eigenvalue weighted by molar-refractivity contribution is 5.27. The molecule has 1 aromatic carbocycles. The zero-order valence-electron chi connectivity index (χ0n) is 13.7. The summed E-state index contributed by atoms with van der Waals surface area (Å²) in [5, 5.41) is 3.60. The van der Waals surface area contributed by atoms with E-state index in [0.717, 1.165) is 24.9 Å². The van der Waals surface area contributed by atoms with Crippen LogP contribution in [-0.4, -0.2) is 23.5 Å². The van der Waals surface area contributed by atoms with E-state index in [1.54, 1.807) is 0 Å². The van der Waals surface area contributed by atoms with E-state index in [1.165, 1.54) is 24.2 Å². The van der Waals surface area contributed by atoms with Gasteiger partial charge in [0.25, 0.3) is 0 Å². The van der Waals surface area contributed by atoms with Crippen molar-refractivity contribution < 1.29 is 0 Å². The first-order valence-electron chi connectivity index (χ1n) is 7.89. The molecule has 0 radical (unpaired) electrons. The number of benzene rings is 1. The maximum absolute atomic E-state index is 3.60. The number of hydrogen-bond acceptors (Lipinski definition) is 2. The minimum Gasteiger partial charge on any atom is -0.308 e. The fraction of sp³-hybridized carbons (Fsp3) is 0.667. The van der Waals surface area contributed by atoms with Gasteiger partial charge in [-0.2, -0.15) is 0 Å². The molecule has 2 nitrogen and oxygen atoms in total. The number of nitrogens with zero attached hydrogens (tertiary/aromatic N) is 1. The molecule has 2 atom stereocenters. The van der Waals surface area contributed by atoms with E-state index in [-0.39, 0.29) is 5.54 Å². The molecular formula is C18H30N2. The summed E-state index contributed by atoms with van der Waals surface area (Å²) in [5.74, 6) is 1.66. The molecular weight excluding hydrogens is 244 g/mol. The third kappa shape index (κ3) is 4.32. The second kappa shape index (κ2) is 6.28. The van der Waals surface area contributed by atoms with Crippen molar-refractivity contribution in [1.82, 2.24) is 10.2 Å². The first-order chi connectivity index (χ1) is 9.35. The molecule has 1 saturated heterocycles. The third-order valence-electron chi connectivity index (χ3n) is 4.39. The van der Waals surface area contributed by atoms with E-state index < -0.39 is 0 Å². The van der Waals surface area contributed by atoms with Crippen molar-refractivity contribution in [2.24, 2.45) is 11.8 Å². The second-order valence-electron chi connectivity index (χ2n) is 7.52. The van der Waals surface area contributed by atoms with Crippen LogP contribution in [0.25, 0.3) is 0 Å². The lowest BCUT2D eigenvalue weighted by molar-refractivity contribution is 0.314. The van der Waals surface area contributed by atoms with Gasteiger partial charge in [-0.1, -0.05) is 38.1 Å². The van der Waals surface area contributed by atoms with E-state index in [9.17, 15) is 0 Å². The molecule has 1 aromatic rings. The average molecular weight is 274 g/mol. The van der Waals surface area contributed by atoms with E-state index in [4.69, 9.17) is 0 Å². The Hall–Kier alpha value is -0.860. The van der Waals surface area contributed by atoms with Crippen molar-refractivity contribution in [3.63, 3.8) is 0 Å². The molecule has 0 saturated carbocycles. The van der Waals surface area contributed by atoms with E-state index in [1.807, 2.05) is 0 Å². The Balaban J connectivity index is 2.01. The van der Waals surface area contributed by atoms with Gasteiger partial charge in [0.05, 0.1) is 0 Å². The standard InChI is InChI=1S/C18H30N2/c1-14-11-20(12-15(14)2)13-17-9-7-6-8-16(17)10-19-18(3,4)5/h6-9,14-15,19H,10-13H2,1-5H3. The highest BCUT2D eigenvalue weighted by Crippen LogP contribution is 2.24. The second-order valence-corrected chi connectivity index (χ2v) is 7.52. The first-order valence-corrected chi connectivity index (χ1v) is 7.89. The van der Waals surface area contributed by atoms with Crippen LogP contribution in [0.4, 0.5) is 0 Å². The van der Waals surface area contributed by atoms with Crippen molar-refractivity contribution in [2.75, 3.05) is 13.1 Å². The highest BCUT2D eigenvalue weighted by Gasteiger charge is 2.26. The summed E-state index contributed by atoms with van der Waals surface area (Å²) in [6, 6.07) is 8.86. The zero-order valence-corrected chi connectivity index (χ0v) is 13.7. The van der Waals surface area contributed by atoms with Gasteiger partial charge in [-0.3, -0.25) is 4.90 Å². The predicted molar refractivity (Wildman–Crippen MR) is 86.6 cm³/mol. The van der Waals surface area contributed by atoms with Gasteiger partial charge in [0.1, 0.15) is 0 Å². The molecule has 1 fully saturated rings. The van der Waals surface area contributed by atoms with Gasteiger partial charge in [0.2, 0.25) is 0 Å². The Kier molecular flexibility index (Phi) is 4.87. The van der Waals surface area contributed by atoms with Crippen molar-refractivity contribution in [1.29, 1.82) is 0 Å². The molecule has 2 unspecified atom stereocenters. The van der Waals surface area contributed by atoms with Crippen molar-refractivity contribution >= 4 is 0 Å². The minimum absolute atomic E-state index is 0.170. The monoisotopic (exact) mass is 274 g/mol. The number of likely N-dealkylation sites (tertiary alicyclic amines) is 1. The van der Waals surface area contributed by atoms with E-state index >= 15 is 0 Å². The van der Waals surface area contributed by atoms with E-state index in [0.29, 0.717) is 0 Å². The molecule has 0 aliphatic carbocycles. The Morgan fingerprint density at radius 1 is 1.05 bits per heavy atom. The molecule has 2 rings (SSSR count). The lowest BCUT2D eigenvalue weighted by atomic mass is 10.0. The van der Waals surface area contributed by atoms with Gasteiger partial charge >= 0.3 is 0 Å². The highest BCUT2D eigenvalue weighted by atomic mass is 15.1. The Morgan fingerprint density at radius 2 is 1.60 bits per heavy atom.